The molecule has 16 rings (SSSR count). The number of aromatic nitrogens is 7. The molecule has 5 aromatic heterocycles. The van der Waals surface area contributed by atoms with E-state index >= 15 is 0 Å². The molecule has 13 heterocycles. The monoisotopic (exact) mass is 1800 g/mol. The summed E-state index contributed by atoms with van der Waals surface area (Å²) in [6.07, 6.45) is 17.9. The molecule has 8 aromatic rings. The molecule has 6 atom stereocenters. The first-order valence-electron chi connectivity index (χ1n) is 37.4. The standard InChI is InChI=1S/C35H39N7O7.C25H22N2O5.C17H21N5O3.CH4.K.H2O.S6.S3/c1-3-25-26-14-24(47-18-21-16-40(39-37-21)10-11-49-38-20-12-22-6-5-7-23(13-20)42(22)46)8-9-30(26)36-32-27(25)17-41-31(32)15-29-28(33(41)43)19-48-34(44)35(29,45)4-2;1-4-9-31-14-7-8-20-16(10-14)15(5-2)17-12-27-21(22(17)26-20)11-19-18(23(27)28)13-32-24(29)25(19,30)6-3;18-21-19-9-10-24-20-14-11-15-7-4-8-16(12-14)22(15)25-17(23)13-5-2-1-3-6-13;;;;1-3-5-6-4-2;1-3-2/h8-9,14-16,22-23,45-46H,3-7,10-13,17-19H2,1-2H3;1,7-8,10-11,30H,5-6,9,12-13H2,2-3H3;1-3,5-6,15-16H,4,7-12H2;1H4;;1H2;;/q;;;;+1;;;/p-1/t22?,23?,35-;25-;;;;;;/m00....../s1. The fraction of sp³-hybridized carbons (Fsp3) is 0.449. The van der Waals surface area contributed by atoms with Gasteiger partial charge in [0.2, 0.25) is 0 Å². The van der Waals surface area contributed by atoms with Gasteiger partial charge in [0, 0.05) is 165 Å². The number of nitrogens with zero attached hydrogens (tertiary/aromatic N) is 14. The minimum absolute atomic E-state index is 0. The Morgan fingerprint density at radius 3 is 1.65 bits per heavy atom. The van der Waals surface area contributed by atoms with Crippen molar-refractivity contribution < 1.29 is 120 Å². The van der Waals surface area contributed by atoms with Crippen molar-refractivity contribution in [2.75, 3.05) is 26.4 Å². The van der Waals surface area contributed by atoms with E-state index < -0.39 is 23.1 Å². The van der Waals surface area contributed by atoms with Crippen molar-refractivity contribution in [2.45, 2.75) is 200 Å². The number of cyclic esters (lactones) is 2. The molecule has 118 heavy (non-hydrogen) atoms. The molecule has 4 saturated heterocycles. The molecular formula is C78H87KN14O16S9. The number of piperidine rings is 4. The Morgan fingerprint density at radius 2 is 1.18 bits per heavy atom. The Balaban J connectivity index is 0.000000199. The number of aryl methyl sites for hydroxylation is 2. The Labute approximate surface area is 757 Å². The van der Waals surface area contributed by atoms with Crippen LogP contribution in [0.25, 0.3) is 55.0 Å². The van der Waals surface area contributed by atoms with E-state index in [1.807, 2.05) is 65.9 Å². The summed E-state index contributed by atoms with van der Waals surface area (Å²) in [5.41, 5.74) is 16.6. The van der Waals surface area contributed by atoms with Crippen LogP contribution in [0.2, 0.25) is 0 Å². The van der Waals surface area contributed by atoms with Gasteiger partial charge >= 0.3 is 69.3 Å². The van der Waals surface area contributed by atoms with Crippen LogP contribution in [0.4, 0.5) is 0 Å². The molecule has 8 aliphatic heterocycles. The number of ether oxygens (including phenoxy) is 4. The second kappa shape index (κ2) is 44.0. The molecule has 0 amide bonds. The average Bonchev–Trinajstić information content (AvgIpc) is 1.53. The van der Waals surface area contributed by atoms with Crippen LogP contribution in [0.1, 0.15) is 173 Å². The van der Waals surface area contributed by atoms with E-state index in [2.05, 4.69) is 95.2 Å². The number of hydrogen-bond acceptors (Lipinski definition) is 29. The Hall–Kier alpha value is -7.28. The zero-order chi connectivity index (χ0) is 81.5. The predicted octanol–water partition coefficient (Wildman–Crippen LogP) is 7.15. The molecule has 4 unspecified atom stereocenters. The molecular weight excluding hydrogens is 1720 g/mol. The van der Waals surface area contributed by atoms with Crippen LogP contribution >= 0.6 is 0 Å². The van der Waals surface area contributed by atoms with Crippen molar-refractivity contribution in [3.8, 4) is 46.6 Å². The molecule has 40 heteroatoms. The molecule has 0 radical (unpaired) electrons. The van der Waals surface area contributed by atoms with Crippen molar-refractivity contribution in [1.29, 1.82) is 0 Å². The first-order valence-corrected chi connectivity index (χ1v) is 46.7. The number of carbonyl (C=O) groups is 3. The van der Waals surface area contributed by atoms with Crippen molar-refractivity contribution in [3.05, 3.63) is 172 Å². The van der Waals surface area contributed by atoms with Crippen molar-refractivity contribution in [1.82, 2.24) is 44.2 Å². The van der Waals surface area contributed by atoms with Crippen LogP contribution in [0.15, 0.2) is 110 Å². The number of hydroxylamine groups is 4. The van der Waals surface area contributed by atoms with Gasteiger partial charge in [-0.3, -0.25) is 9.59 Å². The van der Waals surface area contributed by atoms with Gasteiger partial charge < -0.3 is 63.5 Å². The fourth-order valence-corrected chi connectivity index (χ4v) is 21.5. The molecule has 620 valence electrons. The van der Waals surface area contributed by atoms with Crippen molar-refractivity contribution >= 4 is 140 Å². The second-order valence-corrected chi connectivity index (χ2v) is 36.8. The van der Waals surface area contributed by atoms with E-state index in [0.29, 0.717) is 100 Å². The summed E-state index contributed by atoms with van der Waals surface area (Å²) in [6, 6.07) is 24.4. The first kappa shape index (κ1) is 94.6. The van der Waals surface area contributed by atoms with E-state index in [0.717, 1.165) is 135 Å². The van der Waals surface area contributed by atoms with Crippen LogP contribution in [0.3, 0.4) is 0 Å². The molecule has 4 fully saturated rings. The smallest absolute Gasteiger partial charge is 0.870 e. The third-order valence-corrected chi connectivity index (χ3v) is 28.2. The van der Waals surface area contributed by atoms with Gasteiger partial charge in [0.05, 0.1) is 106 Å². The number of hydrogen-bond donors (Lipinski definition) is 3. The number of pyridine rings is 4. The van der Waals surface area contributed by atoms with E-state index in [1.54, 1.807) is 51.9 Å². The zero-order valence-electron chi connectivity index (χ0n) is 64.6. The number of oxime groups is 2. The van der Waals surface area contributed by atoms with Gasteiger partial charge in [-0.2, -0.15) is 5.06 Å². The number of benzene rings is 3. The van der Waals surface area contributed by atoms with E-state index in [1.165, 1.54) is 40.6 Å². The number of terminal acetylenes is 1. The summed E-state index contributed by atoms with van der Waals surface area (Å²) < 4.78 is 27.1. The van der Waals surface area contributed by atoms with Gasteiger partial charge in [-0.05, 0) is 129 Å². The summed E-state index contributed by atoms with van der Waals surface area (Å²) in [6.45, 7) is 9.71. The molecule has 4 N–H and O–H groups in total. The largest absolute Gasteiger partial charge is 1.00 e. The van der Waals surface area contributed by atoms with Gasteiger partial charge in [0.15, 0.2) is 11.2 Å². The van der Waals surface area contributed by atoms with Crippen LogP contribution in [0, 0.1) is 12.3 Å². The number of aliphatic hydroxyl groups is 2. The van der Waals surface area contributed by atoms with E-state index in [4.69, 9.17) is 55.4 Å². The fourth-order valence-electron chi connectivity index (χ4n) is 16.0. The van der Waals surface area contributed by atoms with Gasteiger partial charge in [0.25, 0.3) is 11.1 Å². The summed E-state index contributed by atoms with van der Waals surface area (Å²) in [7, 11) is 6.55. The van der Waals surface area contributed by atoms with Crippen molar-refractivity contribution in [2.24, 2.45) is 15.4 Å². The Bertz CT molecular complexity index is 5550. The summed E-state index contributed by atoms with van der Waals surface area (Å²) in [5, 5.41) is 58.0. The molecule has 30 nitrogen and oxygen atoms in total. The topological polar surface area (TPSA) is 387 Å². The van der Waals surface area contributed by atoms with E-state index in [9.17, 15) is 39.4 Å². The number of esters is 2. The zero-order valence-corrected chi connectivity index (χ0v) is 75.0. The van der Waals surface area contributed by atoms with Crippen LogP contribution < -0.4 is 72.0 Å². The van der Waals surface area contributed by atoms with Gasteiger partial charge in [-0.25, -0.2) is 29.0 Å². The molecule has 4 bridgehead atoms. The first-order chi connectivity index (χ1) is 55.8. The quantitative estimate of drug-likeness (QED) is 0.0106. The van der Waals surface area contributed by atoms with Gasteiger partial charge in [0.1, 0.15) is 56.8 Å². The Morgan fingerprint density at radius 1 is 0.695 bits per heavy atom. The minimum atomic E-state index is -1.87. The van der Waals surface area contributed by atoms with Gasteiger partial charge in [-0.15, -0.1) is 16.6 Å². The molecule has 0 spiro atoms. The molecule has 3 aromatic carbocycles. The summed E-state index contributed by atoms with van der Waals surface area (Å²) in [4.78, 5) is 93.1. The third kappa shape index (κ3) is 20.9. The number of azide groups is 1. The van der Waals surface area contributed by atoms with Crippen LogP contribution in [-0.4, -0.2) is 145 Å². The number of rotatable bonds is 19. The second-order valence-electron chi connectivity index (χ2n) is 27.9. The molecule has 0 aliphatic carbocycles. The Kier molecular flexibility index (Phi) is 35.2. The third-order valence-electron chi connectivity index (χ3n) is 21.5. The maximum Gasteiger partial charge on any atom is 1.00 e. The summed E-state index contributed by atoms with van der Waals surface area (Å²) in [5.74, 6) is 2.00. The van der Waals surface area contributed by atoms with Gasteiger partial charge in [-0.1, -0.05) is 92.7 Å². The maximum atomic E-state index is 13.6. The normalized spacial score (nSPS) is 19.7. The van der Waals surface area contributed by atoms with E-state index in [-0.39, 0.29) is 158 Å². The number of fused-ring (bicyclic) bond motifs is 14. The predicted molar refractivity (Wildman–Crippen MR) is 461 cm³/mol. The molecule has 8 aliphatic rings. The van der Waals surface area contributed by atoms with Crippen molar-refractivity contribution in [3.63, 3.8) is 0 Å². The van der Waals surface area contributed by atoms with Crippen LogP contribution in [-0.2, 0) is 186 Å². The SMILES string of the molecule is C.C#CCOc1ccc2nc3c(c(CC)c2c1)Cn1c-3cc2c(c1=O)COC(=O)[C@]2(O)CC.CCc1c2c(nc3ccc(OCc4cn(CCON=C5CC6CCCC(C5)N6O)nn4)cc13)-c1cc3c(c(=O)n1C2)COC(=O)[C@]3(O)CC.S=S=S.S=S=S=S=S=S.[K+].[N-]=[N+]=NCCON=C1CC2CCCC(C1)N2OC(=O)c1ccccc1.[OH-]. The number of carbonyl (C=O) groups excluding carboxylic acids is 3. The average molecular weight is 1800 g/mol. The maximum absolute atomic E-state index is 13.6. The minimum Gasteiger partial charge on any atom is -0.870 e. The molecule has 0 saturated carbocycles. The van der Waals surface area contributed by atoms with Crippen LogP contribution in [0.5, 0.6) is 11.5 Å². The summed E-state index contributed by atoms with van der Waals surface area (Å²) >= 11 is 17.3.